The number of nitrogen functional groups attached to an aromatic ring is 1. The van der Waals surface area contributed by atoms with E-state index in [4.69, 9.17) is 26.8 Å². The van der Waals surface area contributed by atoms with Gasteiger partial charge in [0.05, 0.1) is 24.1 Å². The van der Waals surface area contributed by atoms with E-state index >= 15 is 0 Å². The topological polar surface area (TPSA) is 179 Å². The Labute approximate surface area is 254 Å². The number of carbonyl (C=O) groups is 1. The second-order valence-electron chi connectivity index (χ2n) is 10.3. The maximum Gasteiger partial charge on any atom is 0.342 e. The summed E-state index contributed by atoms with van der Waals surface area (Å²) < 4.78 is 13.5. The zero-order valence-corrected chi connectivity index (χ0v) is 24.3. The summed E-state index contributed by atoms with van der Waals surface area (Å²) in [5.74, 6) is -1.21. The highest BCUT2D eigenvalue weighted by Gasteiger charge is 2.49. The Bertz CT molecular complexity index is 1770. The third-order valence-corrected chi connectivity index (χ3v) is 8.34. The minimum absolute atomic E-state index is 0.0445. The predicted octanol–water partition coefficient (Wildman–Crippen LogP) is 3.35. The minimum Gasteiger partial charge on any atom is -0.479 e. The quantitative estimate of drug-likeness (QED) is 0.177. The molecule has 1 aliphatic rings. The number of benzene rings is 2. The Morgan fingerprint density at radius 3 is 2.60 bits per heavy atom. The van der Waals surface area contributed by atoms with Crippen LogP contribution in [-0.4, -0.2) is 70.7 Å². The first-order valence-electron chi connectivity index (χ1n) is 13.3. The number of rotatable bonds is 9. The van der Waals surface area contributed by atoms with Crippen molar-refractivity contribution in [3.05, 3.63) is 87.9 Å². The summed E-state index contributed by atoms with van der Waals surface area (Å²) in [6.07, 6.45) is -3.79. The second kappa shape index (κ2) is 11.6. The molecular weight excluding hydrogens is 596 g/mol. The third-order valence-electron chi connectivity index (χ3n) is 7.58. The van der Waals surface area contributed by atoms with Gasteiger partial charge >= 0.3 is 5.97 Å². The van der Waals surface area contributed by atoms with Gasteiger partial charge in [-0.05, 0) is 40.8 Å². The van der Waals surface area contributed by atoms with Gasteiger partial charge in [0.1, 0.15) is 23.8 Å². The number of carboxylic acids is 1. The van der Waals surface area contributed by atoms with Crippen molar-refractivity contribution < 1.29 is 29.6 Å². The van der Waals surface area contributed by atoms with E-state index in [0.29, 0.717) is 5.56 Å². The van der Waals surface area contributed by atoms with Crippen LogP contribution < -0.4 is 5.73 Å². The SMILES string of the molecule is Cc1ccccc1-c1ccc(C[C@](OC[C@H]2O[C@@H](n3cnc4c(N)nc(Cl)nc43)[C@H](O)[C@@H]2O)(C(=O)O)c2cscn2)cc1. The zero-order chi connectivity index (χ0) is 30.3. The van der Waals surface area contributed by atoms with E-state index in [1.54, 1.807) is 5.38 Å². The fourth-order valence-corrected chi connectivity index (χ4v) is 6.07. The van der Waals surface area contributed by atoms with E-state index in [0.717, 1.165) is 16.7 Å². The van der Waals surface area contributed by atoms with Crippen LogP contribution in [0.2, 0.25) is 5.28 Å². The van der Waals surface area contributed by atoms with Crippen molar-refractivity contribution in [2.75, 3.05) is 12.3 Å². The fraction of sp³-hybridized carbons (Fsp3) is 0.276. The summed E-state index contributed by atoms with van der Waals surface area (Å²) in [4.78, 5) is 29.4. The van der Waals surface area contributed by atoms with Crippen LogP contribution >= 0.6 is 22.9 Å². The van der Waals surface area contributed by atoms with Gasteiger partial charge in [0, 0.05) is 11.8 Å². The van der Waals surface area contributed by atoms with Gasteiger partial charge in [0.2, 0.25) is 10.9 Å². The predicted molar refractivity (Wildman–Crippen MR) is 158 cm³/mol. The number of nitrogens with two attached hydrogens (primary N) is 1. The summed E-state index contributed by atoms with van der Waals surface area (Å²) in [5.41, 5.74) is 10.1. The van der Waals surface area contributed by atoms with Gasteiger partial charge in [-0.3, -0.25) is 4.57 Å². The largest absolute Gasteiger partial charge is 0.479 e. The number of aliphatic hydroxyl groups excluding tert-OH is 2. The third kappa shape index (κ3) is 5.35. The first kappa shape index (κ1) is 29.1. The number of nitrogens with zero attached hydrogens (tertiary/aromatic N) is 5. The number of imidazole rings is 1. The molecule has 6 rings (SSSR count). The van der Waals surface area contributed by atoms with E-state index in [1.807, 2.05) is 55.5 Å². The Morgan fingerprint density at radius 1 is 1.14 bits per heavy atom. The van der Waals surface area contributed by atoms with E-state index < -0.39 is 36.1 Å². The van der Waals surface area contributed by atoms with Crippen molar-refractivity contribution in [1.29, 1.82) is 0 Å². The van der Waals surface area contributed by atoms with E-state index in [1.165, 1.54) is 27.7 Å². The smallest absolute Gasteiger partial charge is 0.342 e. The van der Waals surface area contributed by atoms with Crippen LogP contribution in [0.3, 0.4) is 0 Å². The lowest BCUT2D eigenvalue weighted by Crippen LogP contribution is -2.44. The summed E-state index contributed by atoms with van der Waals surface area (Å²) in [6.45, 7) is 1.66. The van der Waals surface area contributed by atoms with Gasteiger partial charge in [0.25, 0.3) is 0 Å². The maximum atomic E-state index is 12.9. The van der Waals surface area contributed by atoms with Crippen molar-refractivity contribution in [3.8, 4) is 11.1 Å². The van der Waals surface area contributed by atoms with Gasteiger partial charge < -0.3 is 30.5 Å². The second-order valence-corrected chi connectivity index (χ2v) is 11.3. The summed E-state index contributed by atoms with van der Waals surface area (Å²) in [5, 5.41) is 33.8. The number of aromatic nitrogens is 5. The fourth-order valence-electron chi connectivity index (χ4n) is 5.28. The van der Waals surface area contributed by atoms with Gasteiger partial charge in [-0.1, -0.05) is 48.5 Å². The molecule has 0 unspecified atom stereocenters. The lowest BCUT2D eigenvalue weighted by molar-refractivity contribution is -0.177. The zero-order valence-electron chi connectivity index (χ0n) is 22.7. The van der Waals surface area contributed by atoms with E-state index in [2.05, 4.69) is 19.9 Å². The van der Waals surface area contributed by atoms with Crippen molar-refractivity contribution in [2.45, 2.75) is 43.5 Å². The van der Waals surface area contributed by atoms with Crippen molar-refractivity contribution in [3.63, 3.8) is 0 Å². The molecule has 3 aromatic heterocycles. The Balaban J connectivity index is 1.26. The monoisotopic (exact) mass is 622 g/mol. The Morgan fingerprint density at radius 2 is 1.91 bits per heavy atom. The first-order valence-corrected chi connectivity index (χ1v) is 14.6. The summed E-state index contributed by atoms with van der Waals surface area (Å²) in [7, 11) is 0. The Kier molecular flexibility index (Phi) is 7.85. The summed E-state index contributed by atoms with van der Waals surface area (Å²) in [6, 6.07) is 15.6. The molecule has 1 saturated heterocycles. The molecular formula is C29H27ClN6O6S. The number of hydrogen-bond donors (Lipinski definition) is 4. The lowest BCUT2D eigenvalue weighted by Gasteiger charge is -2.30. The number of thiazole rings is 1. The molecule has 0 amide bonds. The molecule has 12 nitrogen and oxygen atoms in total. The van der Waals surface area contributed by atoms with Crippen LogP contribution in [0.25, 0.3) is 22.3 Å². The van der Waals surface area contributed by atoms with Crippen LogP contribution in [0.4, 0.5) is 5.82 Å². The van der Waals surface area contributed by atoms with Crippen LogP contribution in [0, 0.1) is 6.92 Å². The highest BCUT2D eigenvalue weighted by Crippen LogP contribution is 2.36. The Hall–Kier alpha value is -3.98. The number of ether oxygens (including phenoxy) is 2. The number of halogens is 1. The van der Waals surface area contributed by atoms with Crippen molar-refractivity contribution in [2.24, 2.45) is 0 Å². The molecule has 1 fully saturated rings. The number of carboxylic acid groups (broad SMARTS) is 1. The average Bonchev–Trinajstić information content (AvgIpc) is 3.73. The minimum atomic E-state index is -1.90. The lowest BCUT2D eigenvalue weighted by atomic mass is 9.90. The number of anilines is 1. The first-order chi connectivity index (χ1) is 20.7. The van der Waals surface area contributed by atoms with Gasteiger partial charge in [-0.25, -0.2) is 14.8 Å². The number of aryl methyl sites for hydroxylation is 1. The molecule has 0 bridgehead atoms. The maximum absolute atomic E-state index is 12.9. The van der Waals surface area contributed by atoms with Crippen LogP contribution in [0.1, 0.15) is 23.0 Å². The number of aliphatic carboxylic acids is 1. The highest BCUT2D eigenvalue weighted by atomic mass is 35.5. The van der Waals surface area contributed by atoms with Crippen LogP contribution in [0.5, 0.6) is 0 Å². The summed E-state index contributed by atoms with van der Waals surface area (Å²) >= 11 is 7.21. The van der Waals surface area contributed by atoms with E-state index in [-0.39, 0.29) is 41.0 Å². The van der Waals surface area contributed by atoms with Crippen LogP contribution in [0.15, 0.2) is 65.7 Å². The molecule has 0 aliphatic carbocycles. The number of fused-ring (bicyclic) bond motifs is 1. The average molecular weight is 623 g/mol. The highest BCUT2D eigenvalue weighted by molar-refractivity contribution is 7.07. The molecule has 5 atom stereocenters. The molecule has 4 heterocycles. The number of hydrogen-bond acceptors (Lipinski definition) is 11. The standard InChI is InChI=1S/C29H27ClN6O6S/c1-15-4-2-3-5-18(15)17-8-6-16(7-9-17)10-29(27(39)40,20-12-43-14-33-20)41-11-19-22(37)23(38)26(42-19)36-13-32-21-24(31)34-28(30)35-25(21)36/h2-9,12-14,19,22-23,26,37-38H,10-11H2,1H3,(H,39,40)(H2,31,34,35)/t19-,22-,23-,26-,29-/m1/s1. The van der Waals surface area contributed by atoms with Gasteiger partial charge in [-0.15, -0.1) is 11.3 Å². The molecule has 5 aromatic rings. The molecule has 14 heteroatoms. The molecule has 1 aliphatic heterocycles. The van der Waals surface area contributed by atoms with Gasteiger partial charge in [-0.2, -0.15) is 9.97 Å². The number of aliphatic hydroxyl groups is 2. The van der Waals surface area contributed by atoms with Crippen molar-refractivity contribution in [1.82, 2.24) is 24.5 Å². The molecule has 0 radical (unpaired) electrons. The molecule has 43 heavy (non-hydrogen) atoms. The molecule has 2 aromatic carbocycles. The van der Waals surface area contributed by atoms with E-state index in [9.17, 15) is 20.1 Å². The van der Waals surface area contributed by atoms with Crippen LogP contribution in [-0.2, 0) is 26.3 Å². The molecule has 0 spiro atoms. The van der Waals surface area contributed by atoms with Gasteiger partial charge in [0.15, 0.2) is 17.7 Å². The molecule has 5 N–H and O–H groups in total. The molecule has 222 valence electrons. The normalized spacial score (nSPS) is 21.7. The molecule has 0 saturated carbocycles. The van der Waals surface area contributed by atoms with Crippen molar-refractivity contribution >= 4 is 45.9 Å².